The van der Waals surface area contributed by atoms with Crippen molar-refractivity contribution < 1.29 is 17.6 Å². The predicted octanol–water partition coefficient (Wildman–Crippen LogP) is 3.60. The summed E-state index contributed by atoms with van der Waals surface area (Å²) in [4.78, 5) is 15.7. The average Bonchev–Trinajstić information content (AvgIpc) is 2.74. The second kappa shape index (κ2) is 7.37. The topological polar surface area (TPSA) is 103 Å². The molecule has 0 bridgehead atoms. The van der Waals surface area contributed by atoms with Crippen molar-refractivity contribution in [1.29, 1.82) is 0 Å². The molecule has 2 N–H and O–H groups in total. The van der Waals surface area contributed by atoms with Crippen molar-refractivity contribution in [2.75, 3.05) is 0 Å². The molecule has 0 spiro atoms. The van der Waals surface area contributed by atoms with Crippen LogP contribution in [0.3, 0.4) is 0 Å². The molecule has 1 aromatic heterocycles. The van der Waals surface area contributed by atoms with Gasteiger partial charge in [-0.05, 0) is 48.5 Å². The van der Waals surface area contributed by atoms with Crippen LogP contribution in [0, 0.1) is 0 Å². The van der Waals surface area contributed by atoms with E-state index in [9.17, 15) is 13.2 Å². The van der Waals surface area contributed by atoms with Gasteiger partial charge in [0.15, 0.2) is 0 Å². The average molecular weight is 404 g/mol. The Kier molecular flexibility index (Phi) is 4.74. The molecule has 0 fully saturated rings. The van der Waals surface area contributed by atoms with E-state index in [1.165, 1.54) is 24.3 Å². The lowest BCUT2D eigenvalue weighted by atomic mass is 10.2. The van der Waals surface area contributed by atoms with Gasteiger partial charge in [-0.1, -0.05) is 36.4 Å². The lowest BCUT2D eigenvalue weighted by Crippen LogP contribution is -2.15. The molecule has 3 aromatic carbocycles. The summed E-state index contributed by atoms with van der Waals surface area (Å²) >= 11 is 0. The third kappa shape index (κ3) is 3.68. The van der Waals surface area contributed by atoms with Crippen LogP contribution >= 0.6 is 0 Å². The second-order valence-electron chi connectivity index (χ2n) is 6.29. The Morgan fingerprint density at radius 1 is 0.862 bits per heavy atom. The summed E-state index contributed by atoms with van der Waals surface area (Å²) in [6.07, 6.45) is 0. The Balaban J connectivity index is 1.97. The molecular weight excluding hydrogens is 388 g/mol. The SMILES string of the molecule is NC(=O)c1ccc(N=c2oc3ccccc3cc2S(=O)(=O)c2ccccc2)cc1. The van der Waals surface area contributed by atoms with Gasteiger partial charge in [-0.25, -0.2) is 13.4 Å². The van der Waals surface area contributed by atoms with E-state index in [0.29, 0.717) is 22.2 Å². The first-order valence-electron chi connectivity index (χ1n) is 8.73. The summed E-state index contributed by atoms with van der Waals surface area (Å²) in [5, 5.41) is 0.644. The normalized spacial score (nSPS) is 12.2. The zero-order valence-electron chi connectivity index (χ0n) is 15.1. The van der Waals surface area contributed by atoms with Crippen LogP contribution in [0.1, 0.15) is 10.4 Å². The number of carbonyl (C=O) groups is 1. The number of hydrogen-bond donors (Lipinski definition) is 1. The van der Waals surface area contributed by atoms with Gasteiger partial charge in [0.1, 0.15) is 10.5 Å². The van der Waals surface area contributed by atoms with Gasteiger partial charge in [0.25, 0.3) is 0 Å². The summed E-state index contributed by atoms with van der Waals surface area (Å²) in [5.74, 6) is -0.556. The van der Waals surface area contributed by atoms with Gasteiger partial charge < -0.3 is 10.2 Å². The minimum atomic E-state index is -3.86. The summed E-state index contributed by atoms with van der Waals surface area (Å²) in [5.41, 5.74) is 6.48. The monoisotopic (exact) mass is 404 g/mol. The van der Waals surface area contributed by atoms with Crippen molar-refractivity contribution >= 4 is 32.4 Å². The van der Waals surface area contributed by atoms with Crippen LogP contribution in [0.2, 0.25) is 0 Å². The molecule has 6 nitrogen and oxygen atoms in total. The number of fused-ring (bicyclic) bond motifs is 1. The van der Waals surface area contributed by atoms with E-state index in [-0.39, 0.29) is 15.3 Å². The van der Waals surface area contributed by atoms with Gasteiger partial charge in [0, 0.05) is 10.9 Å². The molecule has 0 aliphatic rings. The summed E-state index contributed by atoms with van der Waals surface area (Å²) < 4.78 is 32.3. The Bertz CT molecular complexity index is 1370. The highest BCUT2D eigenvalue weighted by Gasteiger charge is 2.22. The highest BCUT2D eigenvalue weighted by atomic mass is 32.2. The van der Waals surface area contributed by atoms with E-state index in [1.807, 2.05) is 0 Å². The van der Waals surface area contributed by atoms with Gasteiger partial charge in [-0.15, -0.1) is 0 Å². The lowest BCUT2D eigenvalue weighted by Gasteiger charge is -2.07. The third-order valence-electron chi connectivity index (χ3n) is 4.35. The molecule has 1 heterocycles. The van der Waals surface area contributed by atoms with Crippen molar-refractivity contribution in [2.45, 2.75) is 9.79 Å². The Morgan fingerprint density at radius 2 is 1.52 bits per heavy atom. The predicted molar refractivity (Wildman–Crippen MR) is 108 cm³/mol. The molecule has 0 unspecified atom stereocenters. The summed E-state index contributed by atoms with van der Waals surface area (Å²) in [6, 6.07) is 23.0. The summed E-state index contributed by atoms with van der Waals surface area (Å²) in [7, 11) is -3.86. The molecule has 0 aliphatic carbocycles. The van der Waals surface area contributed by atoms with Gasteiger partial charge in [-0.2, -0.15) is 0 Å². The standard InChI is InChI=1S/C22H16N2O4S/c23-21(25)15-10-12-17(13-11-15)24-22-20(14-16-6-4-5-9-19(16)28-22)29(26,27)18-7-2-1-3-8-18/h1-14H,(H2,23,25). The molecule has 144 valence electrons. The first kappa shape index (κ1) is 18.6. The number of carbonyl (C=O) groups excluding carboxylic acids is 1. The maximum atomic E-state index is 13.3. The van der Waals surface area contributed by atoms with Crippen LogP contribution in [0.15, 0.2) is 104 Å². The number of benzene rings is 3. The van der Waals surface area contributed by atoms with E-state index < -0.39 is 15.7 Å². The third-order valence-corrected chi connectivity index (χ3v) is 6.11. The number of sulfone groups is 1. The number of primary amides is 1. The van der Waals surface area contributed by atoms with Gasteiger partial charge in [0.2, 0.25) is 21.3 Å². The molecule has 29 heavy (non-hydrogen) atoms. The van der Waals surface area contributed by atoms with E-state index in [2.05, 4.69) is 4.99 Å². The second-order valence-corrected chi connectivity index (χ2v) is 8.21. The number of para-hydroxylation sites is 1. The van der Waals surface area contributed by atoms with Crippen molar-refractivity contribution in [1.82, 2.24) is 0 Å². The van der Waals surface area contributed by atoms with Gasteiger partial charge >= 0.3 is 0 Å². The maximum Gasteiger partial charge on any atom is 0.248 e. The highest BCUT2D eigenvalue weighted by molar-refractivity contribution is 7.91. The molecule has 4 aromatic rings. The minimum absolute atomic E-state index is 0.0404. The minimum Gasteiger partial charge on any atom is -0.437 e. The number of hydrogen-bond acceptors (Lipinski definition) is 5. The van der Waals surface area contributed by atoms with Crippen molar-refractivity contribution in [3.8, 4) is 0 Å². The lowest BCUT2D eigenvalue weighted by molar-refractivity contribution is 0.100. The first-order chi connectivity index (χ1) is 13.9. The molecule has 0 atom stereocenters. The Labute approximate surface area is 166 Å². The molecular formula is C22H16N2O4S. The van der Waals surface area contributed by atoms with Crippen molar-refractivity contribution in [2.24, 2.45) is 10.7 Å². The summed E-state index contributed by atoms with van der Waals surface area (Å²) in [6.45, 7) is 0. The molecule has 7 heteroatoms. The van der Waals surface area contributed by atoms with Gasteiger partial charge in [-0.3, -0.25) is 4.79 Å². The molecule has 0 saturated carbocycles. The van der Waals surface area contributed by atoms with E-state index >= 15 is 0 Å². The molecule has 0 saturated heterocycles. The highest BCUT2D eigenvalue weighted by Crippen LogP contribution is 2.23. The number of nitrogens with zero attached hydrogens (tertiary/aromatic N) is 1. The number of nitrogens with two attached hydrogens (primary N) is 1. The fourth-order valence-electron chi connectivity index (χ4n) is 2.86. The van der Waals surface area contributed by atoms with E-state index in [4.69, 9.17) is 10.2 Å². The van der Waals surface area contributed by atoms with Crippen molar-refractivity contribution in [3.63, 3.8) is 0 Å². The fourth-order valence-corrected chi connectivity index (χ4v) is 4.23. The molecule has 1 amide bonds. The van der Waals surface area contributed by atoms with Gasteiger partial charge in [0.05, 0.1) is 10.6 Å². The van der Waals surface area contributed by atoms with Crippen LogP contribution in [0.5, 0.6) is 0 Å². The van der Waals surface area contributed by atoms with Crippen LogP contribution in [0.25, 0.3) is 11.0 Å². The van der Waals surface area contributed by atoms with Crippen LogP contribution in [-0.2, 0) is 9.84 Å². The Morgan fingerprint density at radius 3 is 2.21 bits per heavy atom. The molecule has 0 radical (unpaired) electrons. The Hall–Kier alpha value is -3.71. The van der Waals surface area contributed by atoms with Crippen LogP contribution in [-0.4, -0.2) is 14.3 Å². The molecule has 4 rings (SSSR count). The van der Waals surface area contributed by atoms with E-state index in [0.717, 1.165) is 0 Å². The largest absolute Gasteiger partial charge is 0.437 e. The molecule has 0 aliphatic heterocycles. The fraction of sp³-hybridized carbons (Fsp3) is 0. The van der Waals surface area contributed by atoms with E-state index in [1.54, 1.807) is 60.7 Å². The quantitative estimate of drug-likeness (QED) is 0.561. The maximum absolute atomic E-state index is 13.3. The van der Waals surface area contributed by atoms with Crippen LogP contribution in [0.4, 0.5) is 5.69 Å². The zero-order valence-corrected chi connectivity index (χ0v) is 16.0. The number of rotatable bonds is 4. The van der Waals surface area contributed by atoms with Crippen molar-refractivity contribution in [3.05, 3.63) is 96.0 Å². The first-order valence-corrected chi connectivity index (χ1v) is 10.2. The zero-order chi connectivity index (χ0) is 20.4. The van der Waals surface area contributed by atoms with Crippen LogP contribution < -0.4 is 11.3 Å². The smallest absolute Gasteiger partial charge is 0.248 e. The number of amides is 1.